The first kappa shape index (κ1) is 15.9. The summed E-state index contributed by atoms with van der Waals surface area (Å²) >= 11 is 5.99. The summed E-state index contributed by atoms with van der Waals surface area (Å²) in [5, 5.41) is 2.99. The molecule has 1 aliphatic heterocycles. The summed E-state index contributed by atoms with van der Waals surface area (Å²) in [5.74, 6) is 0.562. The molecule has 0 saturated carbocycles. The largest absolute Gasteiger partial charge is 0.454 e. The van der Waals surface area contributed by atoms with Crippen molar-refractivity contribution in [2.24, 2.45) is 0 Å². The molecule has 1 aliphatic rings. The summed E-state index contributed by atoms with van der Waals surface area (Å²) in [4.78, 5) is 12.0. The van der Waals surface area contributed by atoms with E-state index in [2.05, 4.69) is 10.0 Å². The van der Waals surface area contributed by atoms with Gasteiger partial charge in [0.1, 0.15) is 0 Å². The van der Waals surface area contributed by atoms with Gasteiger partial charge < -0.3 is 14.8 Å². The highest BCUT2D eigenvalue weighted by Gasteiger charge is 2.20. The Balaban J connectivity index is 1.85. The highest BCUT2D eigenvalue weighted by molar-refractivity contribution is 7.88. The van der Waals surface area contributed by atoms with E-state index in [1.165, 1.54) is 6.07 Å². The van der Waals surface area contributed by atoms with Crippen molar-refractivity contribution in [3.05, 3.63) is 22.7 Å². The predicted octanol–water partition coefficient (Wildman–Crippen LogP) is 0.738. The van der Waals surface area contributed by atoms with Crippen molar-refractivity contribution in [3.63, 3.8) is 0 Å². The number of halogens is 1. The number of hydrogen-bond donors (Lipinski definition) is 2. The maximum Gasteiger partial charge on any atom is 0.251 e. The minimum Gasteiger partial charge on any atom is -0.454 e. The van der Waals surface area contributed by atoms with Crippen LogP contribution in [0, 0.1) is 0 Å². The molecule has 0 bridgehead atoms. The first-order valence-electron chi connectivity index (χ1n) is 6.19. The molecule has 7 nitrogen and oxygen atoms in total. The number of ether oxygens (including phenoxy) is 2. The number of fused-ring (bicyclic) bond motifs is 1. The molecule has 0 fully saturated rings. The van der Waals surface area contributed by atoms with Crippen LogP contribution < -0.4 is 19.5 Å². The second-order valence-corrected chi connectivity index (χ2v) is 6.71. The van der Waals surface area contributed by atoms with Crippen LogP contribution >= 0.6 is 11.6 Å². The van der Waals surface area contributed by atoms with Crippen molar-refractivity contribution >= 4 is 27.5 Å². The second kappa shape index (κ2) is 6.50. The van der Waals surface area contributed by atoms with Gasteiger partial charge >= 0.3 is 0 Å². The lowest BCUT2D eigenvalue weighted by molar-refractivity contribution is 0.0953. The molecule has 21 heavy (non-hydrogen) atoms. The summed E-state index contributed by atoms with van der Waals surface area (Å²) in [7, 11) is -3.20. The Hall–Kier alpha value is -1.51. The molecule has 0 spiro atoms. The SMILES string of the molecule is CS(=O)(=O)NCCCNC(=O)c1cc(Cl)c2c(c1)OCO2. The Morgan fingerprint density at radius 1 is 1.33 bits per heavy atom. The first-order chi connectivity index (χ1) is 9.87. The van der Waals surface area contributed by atoms with E-state index < -0.39 is 10.0 Å². The van der Waals surface area contributed by atoms with Crippen LogP contribution in [-0.2, 0) is 10.0 Å². The van der Waals surface area contributed by atoms with Gasteiger partial charge in [-0.1, -0.05) is 11.6 Å². The van der Waals surface area contributed by atoms with E-state index >= 15 is 0 Å². The van der Waals surface area contributed by atoms with Crippen LogP contribution in [0.3, 0.4) is 0 Å². The van der Waals surface area contributed by atoms with E-state index in [1.807, 2.05) is 0 Å². The first-order valence-corrected chi connectivity index (χ1v) is 8.46. The zero-order valence-corrected chi connectivity index (χ0v) is 12.9. The smallest absolute Gasteiger partial charge is 0.251 e. The lowest BCUT2D eigenvalue weighted by atomic mass is 10.2. The summed E-state index contributed by atoms with van der Waals surface area (Å²) < 4.78 is 34.4. The molecule has 1 aromatic carbocycles. The van der Waals surface area contributed by atoms with Crippen molar-refractivity contribution in [3.8, 4) is 11.5 Å². The number of carbonyl (C=O) groups is 1. The highest BCUT2D eigenvalue weighted by Crippen LogP contribution is 2.39. The van der Waals surface area contributed by atoms with Crippen molar-refractivity contribution in [2.75, 3.05) is 26.1 Å². The van der Waals surface area contributed by atoms with Gasteiger partial charge in [-0.15, -0.1) is 0 Å². The number of nitrogens with one attached hydrogen (secondary N) is 2. The van der Waals surface area contributed by atoms with Gasteiger partial charge in [0, 0.05) is 18.7 Å². The van der Waals surface area contributed by atoms with Gasteiger partial charge in [-0.2, -0.15) is 0 Å². The normalized spacial score (nSPS) is 13.2. The monoisotopic (exact) mass is 334 g/mol. The molecule has 0 unspecified atom stereocenters. The number of sulfonamides is 1. The summed E-state index contributed by atoms with van der Waals surface area (Å²) in [5.41, 5.74) is 0.361. The van der Waals surface area contributed by atoms with Crippen LogP contribution in [0.25, 0.3) is 0 Å². The third kappa shape index (κ3) is 4.48. The second-order valence-electron chi connectivity index (χ2n) is 4.47. The molecule has 1 heterocycles. The standard InChI is InChI=1S/C12H15ClN2O5S/c1-21(17,18)15-4-2-3-14-12(16)8-5-9(13)11-10(6-8)19-7-20-11/h5-6,15H,2-4,7H2,1H3,(H,14,16). The van der Waals surface area contributed by atoms with Crippen LogP contribution in [0.2, 0.25) is 5.02 Å². The molecule has 0 aliphatic carbocycles. The number of hydrogen-bond acceptors (Lipinski definition) is 5. The van der Waals surface area contributed by atoms with Gasteiger partial charge in [0.25, 0.3) is 5.91 Å². The number of rotatable bonds is 6. The Bertz CT molecular complexity index is 647. The van der Waals surface area contributed by atoms with Gasteiger partial charge in [-0.3, -0.25) is 4.79 Å². The number of benzene rings is 1. The number of amides is 1. The Labute approximate surface area is 127 Å². The molecule has 0 atom stereocenters. The molecule has 2 N–H and O–H groups in total. The van der Waals surface area contributed by atoms with Crippen LogP contribution in [0.4, 0.5) is 0 Å². The maximum atomic E-state index is 12.0. The molecule has 1 aromatic rings. The van der Waals surface area contributed by atoms with E-state index in [4.69, 9.17) is 21.1 Å². The molecule has 2 rings (SSSR count). The van der Waals surface area contributed by atoms with Gasteiger partial charge in [0.15, 0.2) is 11.5 Å². The lowest BCUT2D eigenvalue weighted by Gasteiger charge is -2.07. The fourth-order valence-electron chi connectivity index (χ4n) is 1.75. The van der Waals surface area contributed by atoms with Gasteiger partial charge in [-0.25, -0.2) is 13.1 Å². The van der Waals surface area contributed by atoms with Crippen LogP contribution in [0.15, 0.2) is 12.1 Å². The summed E-state index contributed by atoms with van der Waals surface area (Å²) in [6, 6.07) is 3.05. The maximum absolute atomic E-state index is 12.0. The zero-order valence-electron chi connectivity index (χ0n) is 11.3. The average molecular weight is 335 g/mol. The van der Waals surface area contributed by atoms with Crippen LogP contribution in [-0.4, -0.2) is 40.5 Å². The Morgan fingerprint density at radius 2 is 2.10 bits per heavy atom. The van der Waals surface area contributed by atoms with Gasteiger partial charge in [0.05, 0.1) is 11.3 Å². The average Bonchev–Trinajstić information content (AvgIpc) is 2.85. The Morgan fingerprint density at radius 3 is 2.81 bits per heavy atom. The van der Waals surface area contributed by atoms with Crippen molar-refractivity contribution in [2.45, 2.75) is 6.42 Å². The van der Waals surface area contributed by atoms with Crippen molar-refractivity contribution < 1.29 is 22.7 Å². The van der Waals surface area contributed by atoms with E-state index in [-0.39, 0.29) is 19.2 Å². The molecule has 0 saturated heterocycles. The molecule has 1 amide bonds. The molecular weight excluding hydrogens is 320 g/mol. The molecular formula is C12H15ClN2O5S. The molecule has 0 radical (unpaired) electrons. The van der Waals surface area contributed by atoms with E-state index in [1.54, 1.807) is 6.07 Å². The van der Waals surface area contributed by atoms with E-state index in [0.717, 1.165) is 6.26 Å². The summed E-state index contributed by atoms with van der Waals surface area (Å²) in [6.07, 6.45) is 1.57. The topological polar surface area (TPSA) is 93.7 Å². The number of carbonyl (C=O) groups excluding carboxylic acids is 1. The molecule has 0 aromatic heterocycles. The summed E-state index contributed by atoms with van der Waals surface area (Å²) in [6.45, 7) is 0.686. The van der Waals surface area contributed by atoms with Gasteiger partial charge in [-0.05, 0) is 18.6 Å². The fourth-order valence-corrected chi connectivity index (χ4v) is 2.53. The Kier molecular flexibility index (Phi) is 4.92. The highest BCUT2D eigenvalue weighted by atomic mass is 35.5. The van der Waals surface area contributed by atoms with E-state index in [0.29, 0.717) is 35.1 Å². The minimum atomic E-state index is -3.20. The van der Waals surface area contributed by atoms with Crippen LogP contribution in [0.1, 0.15) is 16.8 Å². The lowest BCUT2D eigenvalue weighted by Crippen LogP contribution is -2.29. The molecule has 9 heteroatoms. The van der Waals surface area contributed by atoms with Crippen molar-refractivity contribution in [1.29, 1.82) is 0 Å². The predicted molar refractivity (Wildman–Crippen MR) is 77.4 cm³/mol. The third-order valence-corrected chi connectivity index (χ3v) is 3.70. The van der Waals surface area contributed by atoms with Crippen LogP contribution in [0.5, 0.6) is 11.5 Å². The quantitative estimate of drug-likeness (QED) is 0.748. The minimum absolute atomic E-state index is 0.0806. The van der Waals surface area contributed by atoms with E-state index in [9.17, 15) is 13.2 Å². The fraction of sp³-hybridized carbons (Fsp3) is 0.417. The van der Waals surface area contributed by atoms with Crippen molar-refractivity contribution in [1.82, 2.24) is 10.0 Å². The third-order valence-electron chi connectivity index (χ3n) is 2.69. The zero-order chi connectivity index (χ0) is 15.5. The van der Waals surface area contributed by atoms with Gasteiger partial charge in [0.2, 0.25) is 16.8 Å². The molecule has 116 valence electrons.